The van der Waals surface area contributed by atoms with E-state index in [0.717, 1.165) is 55.9 Å². The van der Waals surface area contributed by atoms with Crippen LogP contribution in [0.4, 0.5) is 0 Å². The molecule has 2 N–H and O–H groups in total. The molecule has 2 saturated heterocycles. The van der Waals surface area contributed by atoms with E-state index in [9.17, 15) is 0 Å². The molecule has 3 rings (SSSR count). The number of hydrogen-bond acceptors (Lipinski definition) is 5. The van der Waals surface area contributed by atoms with Crippen LogP contribution >= 0.6 is 0 Å². The third-order valence-corrected chi connectivity index (χ3v) is 5.62. The first kappa shape index (κ1) is 21.5. The molecule has 0 bridgehead atoms. The monoisotopic (exact) mass is 394 g/mol. The van der Waals surface area contributed by atoms with Crippen molar-refractivity contribution in [2.75, 3.05) is 32.8 Å². The second-order valence-electron chi connectivity index (χ2n) is 9.00. The van der Waals surface area contributed by atoms with E-state index in [0.29, 0.717) is 12.0 Å². The Hall–Kier alpha value is -2.16. The molecule has 1 aromatic carbocycles. The van der Waals surface area contributed by atoms with Crippen molar-refractivity contribution in [1.29, 1.82) is 0 Å². The standard InChI is InChI=1S/C24H34N4O/c1-19(23(27-25)16-26-15-22-11-4-5-13-29-22)21-10-6-8-20(14-21)9-7-12-28-17-24(2,3)18-28/h6,8,10,14,16,19,22H,4-5,11-13,15,17-18,25H2,1-3H3/b26-16?,27-23+. The van der Waals surface area contributed by atoms with Crippen molar-refractivity contribution >= 4 is 11.9 Å². The predicted molar refractivity (Wildman–Crippen MR) is 121 cm³/mol. The molecule has 5 heteroatoms. The summed E-state index contributed by atoms with van der Waals surface area (Å²) in [4.78, 5) is 6.92. The normalized spacial score (nSPS) is 23.3. The SMILES string of the molecule is CC(/C(C=NCC1CCCCO1)=N/N)c1cccc(C#CCN2CC(C)(C)C2)c1. The zero-order valence-electron chi connectivity index (χ0n) is 18.0. The van der Waals surface area contributed by atoms with Crippen LogP contribution in [-0.2, 0) is 4.74 Å². The Labute approximate surface area is 175 Å². The Morgan fingerprint density at radius 2 is 2.21 bits per heavy atom. The summed E-state index contributed by atoms with van der Waals surface area (Å²) in [7, 11) is 0. The number of benzene rings is 1. The molecule has 0 aliphatic carbocycles. The maximum absolute atomic E-state index is 5.73. The van der Waals surface area contributed by atoms with Crippen molar-refractivity contribution in [3.8, 4) is 11.8 Å². The lowest BCUT2D eigenvalue weighted by atomic mass is 9.84. The predicted octanol–water partition coefficient (Wildman–Crippen LogP) is 3.44. The number of aliphatic imine (C=N–C) groups is 1. The van der Waals surface area contributed by atoms with E-state index in [-0.39, 0.29) is 12.0 Å². The molecule has 2 aliphatic rings. The van der Waals surface area contributed by atoms with Crippen molar-refractivity contribution in [1.82, 2.24) is 4.90 Å². The lowest BCUT2D eigenvalue weighted by Crippen LogP contribution is -2.52. The average molecular weight is 395 g/mol. The zero-order valence-corrected chi connectivity index (χ0v) is 18.0. The molecular weight excluding hydrogens is 360 g/mol. The molecule has 2 heterocycles. The Kier molecular flexibility index (Phi) is 7.46. The molecule has 2 aliphatic heterocycles. The summed E-state index contributed by atoms with van der Waals surface area (Å²) in [6.45, 7) is 11.3. The molecule has 29 heavy (non-hydrogen) atoms. The van der Waals surface area contributed by atoms with E-state index in [1.165, 1.54) is 6.42 Å². The van der Waals surface area contributed by atoms with Crippen LogP contribution in [0, 0.1) is 17.3 Å². The number of hydrogen-bond donors (Lipinski definition) is 1. The average Bonchev–Trinajstić information content (AvgIpc) is 2.70. The van der Waals surface area contributed by atoms with E-state index in [4.69, 9.17) is 10.6 Å². The Bertz CT molecular complexity index is 789. The van der Waals surface area contributed by atoms with Crippen LogP contribution in [-0.4, -0.2) is 55.7 Å². The van der Waals surface area contributed by atoms with Gasteiger partial charge in [0.1, 0.15) is 0 Å². The first-order chi connectivity index (χ1) is 14.0. The molecule has 5 nitrogen and oxygen atoms in total. The van der Waals surface area contributed by atoms with Gasteiger partial charge in [0, 0.05) is 37.4 Å². The van der Waals surface area contributed by atoms with Gasteiger partial charge in [-0.1, -0.05) is 44.7 Å². The van der Waals surface area contributed by atoms with Crippen molar-refractivity contribution < 1.29 is 4.74 Å². The van der Waals surface area contributed by atoms with Gasteiger partial charge in [-0.05, 0) is 42.4 Å². The van der Waals surface area contributed by atoms with Gasteiger partial charge < -0.3 is 10.6 Å². The summed E-state index contributed by atoms with van der Waals surface area (Å²) >= 11 is 0. The molecule has 0 radical (unpaired) electrons. The summed E-state index contributed by atoms with van der Waals surface area (Å²) in [6.07, 6.45) is 5.48. The van der Waals surface area contributed by atoms with Crippen molar-refractivity contribution in [2.45, 2.75) is 52.1 Å². The maximum Gasteiger partial charge on any atom is 0.0850 e. The first-order valence-electron chi connectivity index (χ1n) is 10.7. The lowest BCUT2D eigenvalue weighted by Gasteiger charge is -2.44. The van der Waals surface area contributed by atoms with Gasteiger partial charge in [0.25, 0.3) is 0 Å². The Morgan fingerprint density at radius 3 is 2.90 bits per heavy atom. The van der Waals surface area contributed by atoms with Crippen LogP contribution < -0.4 is 5.84 Å². The Morgan fingerprint density at radius 1 is 1.38 bits per heavy atom. The number of likely N-dealkylation sites (tertiary alicyclic amines) is 1. The number of rotatable bonds is 6. The molecule has 0 saturated carbocycles. The van der Waals surface area contributed by atoms with Crippen LogP contribution in [0.25, 0.3) is 0 Å². The smallest absolute Gasteiger partial charge is 0.0850 e. The van der Waals surface area contributed by atoms with Gasteiger partial charge in [-0.2, -0.15) is 5.10 Å². The van der Waals surface area contributed by atoms with Gasteiger partial charge in [0.15, 0.2) is 0 Å². The van der Waals surface area contributed by atoms with Crippen LogP contribution in [0.15, 0.2) is 34.4 Å². The summed E-state index contributed by atoms with van der Waals surface area (Å²) in [5, 5.41) is 3.98. The minimum atomic E-state index is 0.0638. The molecule has 0 amide bonds. The molecule has 2 fully saturated rings. The largest absolute Gasteiger partial charge is 0.376 e. The zero-order chi connectivity index (χ0) is 20.7. The van der Waals surface area contributed by atoms with Gasteiger partial charge in [-0.15, -0.1) is 0 Å². The topological polar surface area (TPSA) is 63.2 Å². The fourth-order valence-corrected chi connectivity index (χ4v) is 4.06. The summed E-state index contributed by atoms with van der Waals surface area (Å²) in [6, 6.07) is 8.32. The lowest BCUT2D eigenvalue weighted by molar-refractivity contribution is 0.0226. The van der Waals surface area contributed by atoms with Crippen LogP contribution in [0.2, 0.25) is 0 Å². The summed E-state index contributed by atoms with van der Waals surface area (Å²) in [5.74, 6) is 12.3. The number of nitrogens with two attached hydrogens (primary N) is 1. The minimum Gasteiger partial charge on any atom is -0.376 e. The van der Waals surface area contributed by atoms with E-state index in [1.807, 2.05) is 6.07 Å². The third kappa shape index (κ3) is 6.42. The second-order valence-corrected chi connectivity index (χ2v) is 9.00. The molecule has 0 aromatic heterocycles. The number of ether oxygens (including phenoxy) is 1. The highest BCUT2D eigenvalue weighted by Crippen LogP contribution is 2.27. The molecular formula is C24H34N4O. The number of hydrazone groups is 1. The highest BCUT2D eigenvalue weighted by molar-refractivity contribution is 6.32. The van der Waals surface area contributed by atoms with Crippen molar-refractivity contribution in [2.24, 2.45) is 21.4 Å². The highest BCUT2D eigenvalue weighted by atomic mass is 16.5. The minimum absolute atomic E-state index is 0.0638. The second kappa shape index (κ2) is 10.0. The summed E-state index contributed by atoms with van der Waals surface area (Å²) in [5.41, 5.74) is 3.39. The fraction of sp³-hybridized carbons (Fsp3) is 0.583. The van der Waals surface area contributed by atoms with E-state index >= 15 is 0 Å². The Balaban J connectivity index is 1.56. The van der Waals surface area contributed by atoms with Crippen molar-refractivity contribution in [3.05, 3.63) is 35.4 Å². The van der Waals surface area contributed by atoms with Gasteiger partial charge >= 0.3 is 0 Å². The summed E-state index contributed by atoms with van der Waals surface area (Å²) < 4.78 is 5.73. The molecule has 0 spiro atoms. The first-order valence-corrected chi connectivity index (χ1v) is 10.7. The fourth-order valence-electron chi connectivity index (χ4n) is 4.06. The van der Waals surface area contributed by atoms with Crippen LogP contribution in [0.1, 0.15) is 57.1 Å². The van der Waals surface area contributed by atoms with E-state index in [2.05, 4.69) is 65.8 Å². The molecule has 2 unspecified atom stereocenters. The molecule has 2 atom stereocenters. The van der Waals surface area contributed by atoms with Gasteiger partial charge in [0.2, 0.25) is 0 Å². The van der Waals surface area contributed by atoms with Gasteiger partial charge in [-0.25, -0.2) is 0 Å². The van der Waals surface area contributed by atoms with E-state index in [1.54, 1.807) is 6.21 Å². The van der Waals surface area contributed by atoms with E-state index < -0.39 is 0 Å². The third-order valence-electron chi connectivity index (χ3n) is 5.62. The maximum atomic E-state index is 5.73. The molecule has 156 valence electrons. The number of nitrogens with zero attached hydrogens (tertiary/aromatic N) is 3. The highest BCUT2D eigenvalue weighted by Gasteiger charge is 2.32. The van der Waals surface area contributed by atoms with Crippen molar-refractivity contribution in [3.63, 3.8) is 0 Å². The van der Waals surface area contributed by atoms with Crippen LogP contribution in [0.3, 0.4) is 0 Å². The van der Waals surface area contributed by atoms with Gasteiger partial charge in [0.05, 0.1) is 24.9 Å². The van der Waals surface area contributed by atoms with Crippen LogP contribution in [0.5, 0.6) is 0 Å². The molecule has 1 aromatic rings. The van der Waals surface area contributed by atoms with Gasteiger partial charge in [-0.3, -0.25) is 9.89 Å². The quantitative estimate of drug-likeness (QED) is 0.348.